The summed E-state index contributed by atoms with van der Waals surface area (Å²) >= 11 is 5.89. The molecule has 0 atom stereocenters. The van der Waals surface area contributed by atoms with E-state index in [9.17, 15) is 14.0 Å². The third kappa shape index (κ3) is 4.97. The summed E-state index contributed by atoms with van der Waals surface area (Å²) in [6, 6.07) is 17.5. The topological polar surface area (TPSA) is 53.8 Å². The maximum Gasteiger partial charge on any atom is 0.257 e. The second kappa shape index (κ2) is 9.35. The molecule has 2 aromatic carbocycles. The number of carbonyl (C=O) groups is 2. The Labute approximate surface area is 185 Å². The molecule has 1 aromatic heterocycles. The molecule has 1 fully saturated rings. The average Bonchev–Trinajstić information content (AvgIpc) is 3.28. The SMILES string of the molecule is O=C(CCc1ccc(-c2ccccc2)o1)N1CCN(C(=O)c2cc(Cl)ccc2F)CC1. The molecule has 2 heterocycles. The number of piperazine rings is 1. The van der Waals surface area contributed by atoms with Crippen LogP contribution in [0.4, 0.5) is 4.39 Å². The molecular formula is C24H22ClFN2O3. The van der Waals surface area contributed by atoms with Crippen LogP contribution < -0.4 is 0 Å². The molecular weight excluding hydrogens is 419 g/mol. The van der Waals surface area contributed by atoms with E-state index < -0.39 is 11.7 Å². The van der Waals surface area contributed by atoms with Gasteiger partial charge >= 0.3 is 0 Å². The van der Waals surface area contributed by atoms with Crippen LogP contribution in [0.25, 0.3) is 11.3 Å². The Morgan fingerprint density at radius 2 is 1.65 bits per heavy atom. The van der Waals surface area contributed by atoms with Gasteiger partial charge in [-0.3, -0.25) is 9.59 Å². The lowest BCUT2D eigenvalue weighted by molar-refractivity contribution is -0.132. The molecule has 0 aliphatic carbocycles. The van der Waals surface area contributed by atoms with Gasteiger partial charge in [0.25, 0.3) is 5.91 Å². The van der Waals surface area contributed by atoms with Crippen LogP contribution in [-0.2, 0) is 11.2 Å². The number of nitrogens with zero attached hydrogens (tertiary/aromatic N) is 2. The van der Waals surface area contributed by atoms with Crippen molar-refractivity contribution in [3.8, 4) is 11.3 Å². The highest BCUT2D eigenvalue weighted by Gasteiger charge is 2.26. The molecule has 160 valence electrons. The van der Waals surface area contributed by atoms with Crippen molar-refractivity contribution in [1.82, 2.24) is 9.80 Å². The Morgan fingerprint density at radius 1 is 0.935 bits per heavy atom. The number of hydrogen-bond acceptors (Lipinski definition) is 3. The van der Waals surface area contributed by atoms with Gasteiger partial charge in [0.15, 0.2) is 0 Å². The van der Waals surface area contributed by atoms with Gasteiger partial charge in [-0.25, -0.2) is 4.39 Å². The average molecular weight is 441 g/mol. The fraction of sp³-hybridized carbons (Fsp3) is 0.250. The van der Waals surface area contributed by atoms with Crippen LogP contribution in [0.1, 0.15) is 22.5 Å². The van der Waals surface area contributed by atoms with Gasteiger partial charge in [-0.15, -0.1) is 0 Å². The van der Waals surface area contributed by atoms with Crippen LogP contribution in [0.3, 0.4) is 0 Å². The van der Waals surface area contributed by atoms with Crippen LogP contribution in [0.2, 0.25) is 5.02 Å². The van der Waals surface area contributed by atoms with Crippen molar-refractivity contribution >= 4 is 23.4 Å². The minimum atomic E-state index is -0.596. The lowest BCUT2D eigenvalue weighted by atomic mass is 10.1. The van der Waals surface area contributed by atoms with Crippen molar-refractivity contribution in [2.24, 2.45) is 0 Å². The molecule has 2 amide bonds. The number of hydrogen-bond donors (Lipinski definition) is 0. The van der Waals surface area contributed by atoms with E-state index in [1.165, 1.54) is 18.2 Å². The van der Waals surface area contributed by atoms with Crippen LogP contribution in [0, 0.1) is 5.82 Å². The summed E-state index contributed by atoms with van der Waals surface area (Å²) in [7, 11) is 0. The third-order valence-electron chi connectivity index (χ3n) is 5.38. The van der Waals surface area contributed by atoms with E-state index in [0.717, 1.165) is 17.1 Å². The van der Waals surface area contributed by atoms with E-state index in [2.05, 4.69) is 0 Å². The molecule has 5 nitrogen and oxygen atoms in total. The largest absolute Gasteiger partial charge is 0.461 e. The van der Waals surface area contributed by atoms with Crippen LogP contribution in [-0.4, -0.2) is 47.8 Å². The highest BCUT2D eigenvalue weighted by molar-refractivity contribution is 6.31. The van der Waals surface area contributed by atoms with E-state index >= 15 is 0 Å². The number of aryl methyl sites for hydroxylation is 1. The Kier molecular flexibility index (Phi) is 6.37. The van der Waals surface area contributed by atoms with Gasteiger partial charge in [0.05, 0.1) is 5.56 Å². The van der Waals surface area contributed by atoms with Crippen molar-refractivity contribution in [2.45, 2.75) is 12.8 Å². The maximum atomic E-state index is 14.0. The van der Waals surface area contributed by atoms with E-state index in [-0.39, 0.29) is 11.5 Å². The summed E-state index contributed by atoms with van der Waals surface area (Å²) in [4.78, 5) is 28.5. The molecule has 1 saturated heterocycles. The van der Waals surface area contributed by atoms with Gasteiger partial charge in [-0.2, -0.15) is 0 Å². The van der Waals surface area contributed by atoms with E-state index in [1.54, 1.807) is 9.80 Å². The zero-order valence-electron chi connectivity index (χ0n) is 16.9. The summed E-state index contributed by atoms with van der Waals surface area (Å²) in [6.45, 7) is 1.55. The van der Waals surface area contributed by atoms with E-state index in [0.29, 0.717) is 44.0 Å². The monoisotopic (exact) mass is 440 g/mol. The Morgan fingerprint density at radius 3 is 2.39 bits per heavy atom. The smallest absolute Gasteiger partial charge is 0.257 e. The predicted molar refractivity (Wildman–Crippen MR) is 116 cm³/mol. The second-order valence-corrected chi connectivity index (χ2v) is 7.87. The quantitative estimate of drug-likeness (QED) is 0.580. The molecule has 0 spiro atoms. The van der Waals surface area contributed by atoms with Gasteiger partial charge < -0.3 is 14.2 Å². The van der Waals surface area contributed by atoms with Gasteiger partial charge in [-0.05, 0) is 30.3 Å². The standard InChI is InChI=1S/C24H22ClFN2O3/c25-18-6-9-21(26)20(16-18)24(30)28-14-12-27(13-15-28)23(29)11-8-19-7-10-22(31-19)17-4-2-1-3-5-17/h1-7,9-10,16H,8,11-15H2. The Balaban J connectivity index is 1.28. The highest BCUT2D eigenvalue weighted by atomic mass is 35.5. The maximum absolute atomic E-state index is 14.0. The summed E-state index contributed by atoms with van der Waals surface area (Å²) in [5.74, 6) is 0.553. The molecule has 0 bridgehead atoms. The number of benzene rings is 2. The summed E-state index contributed by atoms with van der Waals surface area (Å²) < 4.78 is 19.8. The van der Waals surface area contributed by atoms with Crippen molar-refractivity contribution in [3.05, 3.63) is 82.8 Å². The highest BCUT2D eigenvalue weighted by Crippen LogP contribution is 2.23. The Bertz CT molecular complexity index is 1080. The lowest BCUT2D eigenvalue weighted by Crippen LogP contribution is -2.50. The van der Waals surface area contributed by atoms with Crippen molar-refractivity contribution in [3.63, 3.8) is 0 Å². The number of carbonyl (C=O) groups excluding carboxylic acids is 2. The zero-order valence-corrected chi connectivity index (χ0v) is 17.6. The number of amides is 2. The number of rotatable bonds is 5. The molecule has 0 unspecified atom stereocenters. The van der Waals surface area contributed by atoms with E-state index in [1.807, 2.05) is 42.5 Å². The fourth-order valence-corrected chi connectivity index (χ4v) is 3.82. The first-order chi connectivity index (χ1) is 15.0. The van der Waals surface area contributed by atoms with Crippen molar-refractivity contribution in [1.29, 1.82) is 0 Å². The second-order valence-electron chi connectivity index (χ2n) is 7.43. The van der Waals surface area contributed by atoms with Gasteiger partial charge in [0, 0.05) is 49.6 Å². The lowest BCUT2D eigenvalue weighted by Gasteiger charge is -2.35. The normalized spacial score (nSPS) is 14.0. The predicted octanol–water partition coefficient (Wildman–Crippen LogP) is 4.66. The molecule has 0 saturated carbocycles. The molecule has 4 rings (SSSR count). The van der Waals surface area contributed by atoms with Crippen LogP contribution in [0.15, 0.2) is 65.1 Å². The molecule has 7 heteroatoms. The first kappa shape index (κ1) is 21.1. The third-order valence-corrected chi connectivity index (χ3v) is 5.62. The molecule has 31 heavy (non-hydrogen) atoms. The van der Waals surface area contributed by atoms with Crippen molar-refractivity contribution in [2.75, 3.05) is 26.2 Å². The van der Waals surface area contributed by atoms with E-state index in [4.69, 9.17) is 16.0 Å². The summed E-state index contributed by atoms with van der Waals surface area (Å²) in [5, 5.41) is 0.312. The molecule has 1 aliphatic rings. The first-order valence-electron chi connectivity index (χ1n) is 10.2. The molecule has 0 radical (unpaired) electrons. The summed E-state index contributed by atoms with van der Waals surface area (Å²) in [5.41, 5.74) is 0.955. The van der Waals surface area contributed by atoms with Gasteiger partial charge in [0.2, 0.25) is 5.91 Å². The first-order valence-corrected chi connectivity index (χ1v) is 10.6. The minimum Gasteiger partial charge on any atom is -0.461 e. The summed E-state index contributed by atoms with van der Waals surface area (Å²) in [6.07, 6.45) is 0.844. The van der Waals surface area contributed by atoms with Crippen molar-refractivity contribution < 1.29 is 18.4 Å². The van der Waals surface area contributed by atoms with Gasteiger partial charge in [-0.1, -0.05) is 41.9 Å². The fourth-order valence-electron chi connectivity index (χ4n) is 3.65. The molecule has 0 N–H and O–H groups in total. The number of halogens is 2. The van der Waals surface area contributed by atoms with Gasteiger partial charge in [0.1, 0.15) is 17.3 Å². The Hall–Kier alpha value is -3.12. The zero-order chi connectivity index (χ0) is 21.8. The number of furan rings is 1. The minimum absolute atomic E-state index is 0.0127. The molecule has 1 aliphatic heterocycles. The molecule has 3 aromatic rings. The van der Waals surface area contributed by atoms with Crippen LogP contribution in [0.5, 0.6) is 0 Å². The van der Waals surface area contributed by atoms with Crippen LogP contribution >= 0.6 is 11.6 Å².